The predicted octanol–water partition coefficient (Wildman–Crippen LogP) is 2.02. The van der Waals surface area contributed by atoms with E-state index in [0.29, 0.717) is 11.4 Å². The highest BCUT2D eigenvalue weighted by atomic mass is 19.4. The number of nitrogens with zero attached hydrogens (tertiary/aromatic N) is 2. The molecule has 0 aliphatic carbocycles. The van der Waals surface area contributed by atoms with E-state index in [1.54, 1.807) is 0 Å². The molecule has 0 atom stereocenters. The molecule has 0 bridgehead atoms. The summed E-state index contributed by atoms with van der Waals surface area (Å²) < 4.78 is 37.4. The fourth-order valence-electron chi connectivity index (χ4n) is 1.35. The van der Waals surface area contributed by atoms with Crippen molar-refractivity contribution in [3.8, 4) is 0 Å². The van der Waals surface area contributed by atoms with Gasteiger partial charge in [0.05, 0.1) is 11.8 Å². The molecule has 8 heteroatoms. The number of alkyl halides is 3. The zero-order chi connectivity index (χ0) is 13.2. The minimum Gasteiger partial charge on any atom is -0.384 e. The number of nitrogen functional groups attached to an aromatic ring is 1. The van der Waals surface area contributed by atoms with Crippen molar-refractivity contribution in [3.05, 3.63) is 35.7 Å². The van der Waals surface area contributed by atoms with E-state index >= 15 is 0 Å². The molecule has 0 fully saturated rings. The lowest BCUT2D eigenvalue weighted by Crippen LogP contribution is -2.08. The number of rotatable bonds is 3. The number of aromatic amines is 1. The van der Waals surface area contributed by atoms with Crippen molar-refractivity contribution >= 4 is 11.6 Å². The van der Waals surface area contributed by atoms with Gasteiger partial charge in [0.15, 0.2) is 0 Å². The molecular weight excluding hydrogens is 247 g/mol. The Labute approximate surface area is 100 Å². The molecule has 5 nitrogen and oxygen atoms in total. The highest BCUT2D eigenvalue weighted by molar-refractivity contribution is 5.43. The Morgan fingerprint density at radius 3 is 2.78 bits per heavy atom. The normalized spacial score (nSPS) is 11.5. The van der Waals surface area contributed by atoms with Crippen LogP contribution in [0.15, 0.2) is 24.5 Å². The lowest BCUT2D eigenvalue weighted by atomic mass is 10.2. The molecule has 0 saturated carbocycles. The average molecular weight is 257 g/mol. The number of anilines is 2. The number of nitrogens with two attached hydrogens (primary N) is 1. The van der Waals surface area contributed by atoms with Gasteiger partial charge >= 0.3 is 6.18 Å². The van der Waals surface area contributed by atoms with Crippen molar-refractivity contribution in [2.24, 2.45) is 0 Å². The van der Waals surface area contributed by atoms with Gasteiger partial charge in [-0.15, -0.1) is 0 Å². The number of hydrogen-bond acceptors (Lipinski definition) is 4. The number of pyridine rings is 1. The van der Waals surface area contributed by atoms with Crippen molar-refractivity contribution in [1.29, 1.82) is 0 Å². The van der Waals surface area contributed by atoms with Crippen LogP contribution in [-0.4, -0.2) is 15.2 Å². The molecule has 0 saturated heterocycles. The van der Waals surface area contributed by atoms with Crippen LogP contribution < -0.4 is 11.1 Å². The highest BCUT2D eigenvalue weighted by Crippen LogP contribution is 2.29. The fraction of sp³-hybridized carbons (Fsp3) is 0.200. The van der Waals surface area contributed by atoms with Crippen molar-refractivity contribution < 1.29 is 13.2 Å². The SMILES string of the molecule is Nc1[nH]ncc1CNc1cc(C(F)(F)F)ccn1. The van der Waals surface area contributed by atoms with Crippen LogP contribution in [0.2, 0.25) is 0 Å². The van der Waals surface area contributed by atoms with E-state index in [9.17, 15) is 13.2 Å². The summed E-state index contributed by atoms with van der Waals surface area (Å²) >= 11 is 0. The summed E-state index contributed by atoms with van der Waals surface area (Å²) in [6, 6.07) is 1.85. The van der Waals surface area contributed by atoms with Crippen molar-refractivity contribution in [1.82, 2.24) is 15.2 Å². The summed E-state index contributed by atoms with van der Waals surface area (Å²) in [6.45, 7) is 0.247. The van der Waals surface area contributed by atoms with Gasteiger partial charge < -0.3 is 11.1 Å². The lowest BCUT2D eigenvalue weighted by molar-refractivity contribution is -0.137. The summed E-state index contributed by atoms with van der Waals surface area (Å²) in [7, 11) is 0. The van der Waals surface area contributed by atoms with Crippen LogP contribution in [0.5, 0.6) is 0 Å². The number of nitrogens with one attached hydrogen (secondary N) is 2. The van der Waals surface area contributed by atoms with Gasteiger partial charge in [-0.2, -0.15) is 18.3 Å². The minimum atomic E-state index is -4.38. The first-order chi connectivity index (χ1) is 8.47. The minimum absolute atomic E-state index is 0.130. The Morgan fingerprint density at radius 2 is 2.17 bits per heavy atom. The number of aromatic nitrogens is 3. The van der Waals surface area contributed by atoms with Crippen LogP contribution in [0.4, 0.5) is 24.8 Å². The molecule has 2 heterocycles. The second-order valence-corrected chi connectivity index (χ2v) is 3.59. The quantitative estimate of drug-likeness (QED) is 0.785. The van der Waals surface area contributed by atoms with E-state index in [-0.39, 0.29) is 12.4 Å². The highest BCUT2D eigenvalue weighted by Gasteiger charge is 2.30. The standard InChI is InChI=1S/C10H10F3N5/c11-10(12,13)7-1-2-15-8(3-7)16-4-6-5-17-18-9(6)14/h1-3,5H,4H2,(H,15,16)(H3,14,17,18). The van der Waals surface area contributed by atoms with Gasteiger partial charge in [0.2, 0.25) is 0 Å². The number of H-pyrrole nitrogens is 1. The maximum Gasteiger partial charge on any atom is 0.416 e. The van der Waals surface area contributed by atoms with E-state index in [2.05, 4.69) is 20.5 Å². The first-order valence-corrected chi connectivity index (χ1v) is 5.01. The largest absolute Gasteiger partial charge is 0.416 e. The smallest absolute Gasteiger partial charge is 0.384 e. The number of halogens is 3. The van der Waals surface area contributed by atoms with Crippen LogP contribution in [0.25, 0.3) is 0 Å². The van der Waals surface area contributed by atoms with Gasteiger partial charge in [-0.05, 0) is 12.1 Å². The third-order valence-electron chi connectivity index (χ3n) is 2.30. The van der Waals surface area contributed by atoms with E-state index in [1.165, 1.54) is 6.20 Å². The molecule has 0 radical (unpaired) electrons. The lowest BCUT2D eigenvalue weighted by Gasteiger charge is -2.09. The summed E-state index contributed by atoms with van der Waals surface area (Å²) in [5, 5.41) is 8.98. The zero-order valence-electron chi connectivity index (χ0n) is 9.12. The summed E-state index contributed by atoms with van der Waals surface area (Å²) in [6.07, 6.45) is -1.78. The molecular formula is C10H10F3N5. The first-order valence-electron chi connectivity index (χ1n) is 5.01. The van der Waals surface area contributed by atoms with Gasteiger partial charge in [-0.1, -0.05) is 0 Å². The second kappa shape index (κ2) is 4.55. The van der Waals surface area contributed by atoms with E-state index in [4.69, 9.17) is 5.73 Å². The maximum absolute atomic E-state index is 12.5. The van der Waals surface area contributed by atoms with Gasteiger partial charge in [0.1, 0.15) is 11.6 Å². The van der Waals surface area contributed by atoms with Gasteiger partial charge in [-0.3, -0.25) is 5.10 Å². The van der Waals surface area contributed by atoms with Crippen molar-refractivity contribution in [2.75, 3.05) is 11.1 Å². The average Bonchev–Trinajstić information content (AvgIpc) is 2.72. The first kappa shape index (κ1) is 12.2. The summed E-state index contributed by atoms with van der Waals surface area (Å²) in [4.78, 5) is 3.80. The molecule has 2 aromatic heterocycles. The topological polar surface area (TPSA) is 79.6 Å². The second-order valence-electron chi connectivity index (χ2n) is 3.59. The van der Waals surface area contributed by atoms with Gasteiger partial charge in [0.25, 0.3) is 0 Å². The summed E-state index contributed by atoms with van der Waals surface area (Å²) in [5.74, 6) is 0.500. The predicted molar refractivity (Wildman–Crippen MR) is 59.6 cm³/mol. The molecule has 0 amide bonds. The Morgan fingerprint density at radius 1 is 1.39 bits per heavy atom. The molecule has 0 aromatic carbocycles. The van der Waals surface area contributed by atoms with E-state index < -0.39 is 11.7 Å². The van der Waals surface area contributed by atoms with Crippen LogP contribution in [0.3, 0.4) is 0 Å². The Hall–Kier alpha value is -2.25. The number of hydrogen-bond donors (Lipinski definition) is 3. The molecule has 2 rings (SSSR count). The van der Waals surface area contributed by atoms with E-state index in [1.807, 2.05) is 0 Å². The Bertz CT molecular complexity index is 534. The fourth-order valence-corrected chi connectivity index (χ4v) is 1.35. The van der Waals surface area contributed by atoms with Crippen LogP contribution in [-0.2, 0) is 12.7 Å². The van der Waals surface area contributed by atoms with Crippen LogP contribution >= 0.6 is 0 Å². The van der Waals surface area contributed by atoms with Gasteiger partial charge in [0, 0.05) is 18.3 Å². The Balaban J connectivity index is 2.09. The molecule has 18 heavy (non-hydrogen) atoms. The van der Waals surface area contributed by atoms with Crippen molar-refractivity contribution in [3.63, 3.8) is 0 Å². The third kappa shape index (κ3) is 2.70. The summed E-state index contributed by atoms with van der Waals surface area (Å²) in [5.41, 5.74) is 5.46. The van der Waals surface area contributed by atoms with Crippen LogP contribution in [0, 0.1) is 0 Å². The molecule has 96 valence electrons. The van der Waals surface area contributed by atoms with Crippen LogP contribution in [0.1, 0.15) is 11.1 Å². The zero-order valence-corrected chi connectivity index (χ0v) is 9.12. The molecule has 0 aliphatic heterocycles. The molecule has 2 aromatic rings. The molecule has 0 aliphatic rings. The molecule has 0 spiro atoms. The van der Waals surface area contributed by atoms with Crippen molar-refractivity contribution in [2.45, 2.75) is 12.7 Å². The van der Waals surface area contributed by atoms with Gasteiger partial charge in [-0.25, -0.2) is 4.98 Å². The Kier molecular flexibility index (Phi) is 3.09. The monoisotopic (exact) mass is 257 g/mol. The molecule has 0 unspecified atom stereocenters. The molecule has 4 N–H and O–H groups in total. The van der Waals surface area contributed by atoms with E-state index in [0.717, 1.165) is 18.3 Å². The third-order valence-corrected chi connectivity index (χ3v) is 2.30. The maximum atomic E-state index is 12.5.